The van der Waals surface area contributed by atoms with Gasteiger partial charge in [-0.15, -0.1) is 5.10 Å². The Bertz CT molecular complexity index is 1180. The Kier molecular flexibility index (Phi) is 4.87. The molecule has 4 rings (SSSR count). The Morgan fingerprint density at radius 3 is 2.52 bits per heavy atom. The van der Waals surface area contributed by atoms with E-state index in [0.717, 1.165) is 0 Å². The number of benzene rings is 1. The topological polar surface area (TPSA) is 129 Å². The highest BCUT2D eigenvalue weighted by Gasteiger charge is 2.18. The number of para-hydroxylation sites is 1. The molecule has 3 heterocycles. The predicted octanol–water partition coefficient (Wildman–Crippen LogP) is 2.70. The van der Waals surface area contributed by atoms with Gasteiger partial charge in [0, 0.05) is 0 Å². The molecule has 0 spiro atoms. The van der Waals surface area contributed by atoms with Gasteiger partial charge in [0.1, 0.15) is 11.5 Å². The van der Waals surface area contributed by atoms with Crippen molar-refractivity contribution in [1.82, 2.24) is 35.0 Å². The lowest BCUT2D eigenvalue weighted by molar-refractivity contribution is 0.0996. The number of primary amides is 1. The van der Waals surface area contributed by atoms with E-state index in [1.54, 1.807) is 54.3 Å². The third kappa shape index (κ3) is 3.62. The molecule has 10 nitrogen and oxygen atoms in total. The summed E-state index contributed by atoms with van der Waals surface area (Å²) < 4.78 is 2.94. The molecule has 29 heavy (non-hydrogen) atoms. The Morgan fingerprint density at radius 2 is 1.93 bits per heavy atom. The molecule has 0 unspecified atom stereocenters. The molecule has 0 bridgehead atoms. The summed E-state index contributed by atoms with van der Waals surface area (Å²) in [6, 6.07) is 8.54. The van der Waals surface area contributed by atoms with Crippen LogP contribution in [0.5, 0.6) is 0 Å². The third-order valence-corrected chi connectivity index (χ3v) is 4.60. The highest BCUT2D eigenvalue weighted by Crippen LogP contribution is 2.30. The van der Waals surface area contributed by atoms with E-state index in [1.807, 2.05) is 0 Å². The van der Waals surface area contributed by atoms with Crippen molar-refractivity contribution in [3.63, 3.8) is 0 Å². The van der Waals surface area contributed by atoms with Crippen LogP contribution in [0.2, 0.25) is 10.0 Å². The van der Waals surface area contributed by atoms with Crippen molar-refractivity contribution in [2.45, 2.75) is 6.92 Å². The first-order valence-electron chi connectivity index (χ1n) is 8.26. The standard InChI is InChI=1S/C17H13Cl2N9O/c1-9-23-25-26-28(9)10-5-6-14(21-7-10)22-13-8-27(24-15(13)17(20)29)16-11(18)3-2-4-12(16)19/h2-8H,1H3,(H2,20,29)(H,21,22). The molecule has 0 saturated carbocycles. The maximum absolute atomic E-state index is 11.9. The molecule has 0 radical (unpaired) electrons. The van der Waals surface area contributed by atoms with E-state index in [-0.39, 0.29) is 5.69 Å². The van der Waals surface area contributed by atoms with E-state index in [9.17, 15) is 4.79 Å². The van der Waals surface area contributed by atoms with E-state index in [2.05, 4.69) is 30.9 Å². The minimum absolute atomic E-state index is 0.0168. The summed E-state index contributed by atoms with van der Waals surface area (Å²) in [7, 11) is 0. The molecule has 0 saturated heterocycles. The van der Waals surface area contributed by atoms with Gasteiger partial charge >= 0.3 is 0 Å². The molecule has 0 fully saturated rings. The molecule has 146 valence electrons. The first kappa shape index (κ1) is 18.8. The fourth-order valence-electron chi connectivity index (χ4n) is 2.66. The van der Waals surface area contributed by atoms with Crippen LogP contribution in [0.15, 0.2) is 42.7 Å². The molecule has 3 aromatic heterocycles. The number of carbonyl (C=O) groups is 1. The van der Waals surface area contributed by atoms with E-state index in [1.165, 1.54) is 4.68 Å². The second kappa shape index (κ2) is 7.49. The Morgan fingerprint density at radius 1 is 1.17 bits per heavy atom. The summed E-state index contributed by atoms with van der Waals surface area (Å²) in [6.07, 6.45) is 3.15. The van der Waals surface area contributed by atoms with Crippen molar-refractivity contribution in [1.29, 1.82) is 0 Å². The number of nitrogens with two attached hydrogens (primary N) is 1. The molecule has 0 aliphatic rings. The second-order valence-electron chi connectivity index (χ2n) is 5.94. The molecular formula is C17H13Cl2N9O. The van der Waals surface area contributed by atoms with E-state index < -0.39 is 5.91 Å². The maximum atomic E-state index is 11.9. The van der Waals surface area contributed by atoms with Gasteiger partial charge in [-0.25, -0.2) is 9.67 Å². The predicted molar refractivity (Wildman–Crippen MR) is 107 cm³/mol. The minimum atomic E-state index is -0.713. The number of aryl methyl sites for hydroxylation is 1. The van der Waals surface area contributed by atoms with Crippen LogP contribution in [-0.2, 0) is 0 Å². The van der Waals surface area contributed by atoms with Gasteiger partial charge < -0.3 is 11.1 Å². The summed E-state index contributed by atoms with van der Waals surface area (Å²) in [6.45, 7) is 1.78. The van der Waals surface area contributed by atoms with E-state index in [4.69, 9.17) is 28.9 Å². The number of hydrogen-bond acceptors (Lipinski definition) is 7. The number of halogens is 2. The quantitative estimate of drug-likeness (QED) is 0.498. The van der Waals surface area contributed by atoms with Crippen molar-refractivity contribution in [2.75, 3.05) is 5.32 Å². The van der Waals surface area contributed by atoms with Gasteiger partial charge in [0.25, 0.3) is 5.91 Å². The molecule has 1 amide bonds. The largest absolute Gasteiger partial charge is 0.364 e. The van der Waals surface area contributed by atoms with E-state index in [0.29, 0.717) is 38.7 Å². The Balaban J connectivity index is 1.67. The van der Waals surface area contributed by atoms with Crippen LogP contribution >= 0.6 is 23.2 Å². The first-order valence-corrected chi connectivity index (χ1v) is 9.02. The van der Waals surface area contributed by atoms with E-state index >= 15 is 0 Å². The number of amides is 1. The number of nitrogens with zero attached hydrogens (tertiary/aromatic N) is 7. The first-order chi connectivity index (χ1) is 13.9. The molecule has 4 aromatic rings. The van der Waals surface area contributed by atoms with Gasteiger partial charge in [0.2, 0.25) is 0 Å². The van der Waals surface area contributed by atoms with Crippen LogP contribution in [0.4, 0.5) is 11.5 Å². The number of pyridine rings is 1. The average Bonchev–Trinajstić information content (AvgIpc) is 3.29. The highest BCUT2D eigenvalue weighted by molar-refractivity contribution is 6.37. The summed E-state index contributed by atoms with van der Waals surface area (Å²) in [5, 5.41) is 19.3. The van der Waals surface area contributed by atoms with Crippen LogP contribution in [-0.4, -0.2) is 40.9 Å². The number of hydrogen-bond donors (Lipinski definition) is 2. The molecular weight excluding hydrogens is 417 g/mol. The van der Waals surface area contributed by atoms with Crippen molar-refractivity contribution in [3.05, 3.63) is 64.3 Å². The molecule has 0 aliphatic heterocycles. The SMILES string of the molecule is Cc1nnnn1-c1ccc(Nc2cn(-c3c(Cl)cccc3Cl)nc2C(N)=O)nc1. The zero-order valence-corrected chi connectivity index (χ0v) is 16.4. The molecule has 0 aliphatic carbocycles. The van der Waals surface area contributed by atoms with Gasteiger partial charge in [-0.3, -0.25) is 4.79 Å². The normalized spacial score (nSPS) is 10.9. The fourth-order valence-corrected chi connectivity index (χ4v) is 3.23. The smallest absolute Gasteiger partial charge is 0.271 e. The number of aromatic nitrogens is 7. The van der Waals surface area contributed by atoms with Gasteiger partial charge in [-0.2, -0.15) is 9.78 Å². The molecule has 1 aromatic carbocycles. The van der Waals surface area contributed by atoms with Gasteiger partial charge in [-0.1, -0.05) is 29.3 Å². The van der Waals surface area contributed by atoms with Crippen molar-refractivity contribution >= 4 is 40.6 Å². The lowest BCUT2D eigenvalue weighted by atomic mass is 10.3. The van der Waals surface area contributed by atoms with Crippen LogP contribution in [0.3, 0.4) is 0 Å². The Labute approximate surface area is 174 Å². The van der Waals surface area contributed by atoms with Gasteiger partial charge in [0.05, 0.1) is 33.8 Å². The van der Waals surface area contributed by atoms with Crippen LogP contribution in [0.1, 0.15) is 16.3 Å². The highest BCUT2D eigenvalue weighted by atomic mass is 35.5. The number of tetrazole rings is 1. The van der Waals surface area contributed by atoms with Crippen LogP contribution < -0.4 is 11.1 Å². The maximum Gasteiger partial charge on any atom is 0.271 e. The fraction of sp³-hybridized carbons (Fsp3) is 0.0588. The van der Waals surface area contributed by atoms with Crippen molar-refractivity contribution in [3.8, 4) is 11.4 Å². The molecule has 0 atom stereocenters. The number of carbonyl (C=O) groups excluding carboxylic acids is 1. The molecule has 3 N–H and O–H groups in total. The lowest BCUT2D eigenvalue weighted by Crippen LogP contribution is -2.14. The molecule has 12 heteroatoms. The van der Waals surface area contributed by atoms with Gasteiger partial charge in [-0.05, 0) is 41.6 Å². The van der Waals surface area contributed by atoms with Crippen LogP contribution in [0, 0.1) is 6.92 Å². The third-order valence-electron chi connectivity index (χ3n) is 3.99. The zero-order chi connectivity index (χ0) is 20.5. The zero-order valence-electron chi connectivity index (χ0n) is 14.9. The summed E-state index contributed by atoms with van der Waals surface area (Å²) >= 11 is 12.5. The number of anilines is 2. The number of nitrogens with one attached hydrogen (secondary N) is 1. The van der Waals surface area contributed by atoms with Crippen LogP contribution in [0.25, 0.3) is 11.4 Å². The lowest BCUT2D eigenvalue weighted by Gasteiger charge is -2.06. The summed E-state index contributed by atoms with van der Waals surface area (Å²) in [5.74, 6) is 0.378. The minimum Gasteiger partial charge on any atom is -0.364 e. The second-order valence-corrected chi connectivity index (χ2v) is 6.75. The van der Waals surface area contributed by atoms with Crippen molar-refractivity contribution in [2.24, 2.45) is 5.73 Å². The summed E-state index contributed by atoms with van der Waals surface area (Å²) in [5.41, 5.74) is 6.97. The Hall–Kier alpha value is -3.50. The van der Waals surface area contributed by atoms with Crippen molar-refractivity contribution < 1.29 is 4.79 Å². The average molecular weight is 430 g/mol. The monoisotopic (exact) mass is 429 g/mol. The number of rotatable bonds is 5. The van der Waals surface area contributed by atoms with Gasteiger partial charge in [0.15, 0.2) is 11.5 Å². The summed E-state index contributed by atoms with van der Waals surface area (Å²) in [4.78, 5) is 16.2.